The lowest BCUT2D eigenvalue weighted by Crippen LogP contribution is -2.42. The second-order valence-electron chi connectivity index (χ2n) is 7.06. The Bertz CT molecular complexity index is 752. The zero-order valence-corrected chi connectivity index (χ0v) is 16.1. The molecule has 0 heterocycles. The smallest absolute Gasteiger partial charge is 0.408 e. The molecule has 6 nitrogen and oxygen atoms in total. The highest BCUT2D eigenvalue weighted by molar-refractivity contribution is 5.87. The van der Waals surface area contributed by atoms with E-state index in [4.69, 9.17) is 9.47 Å². The second-order valence-corrected chi connectivity index (χ2v) is 7.06. The molecule has 0 aromatic heterocycles. The van der Waals surface area contributed by atoms with E-state index in [9.17, 15) is 9.59 Å². The largest absolute Gasteiger partial charge is 0.497 e. The van der Waals surface area contributed by atoms with Crippen LogP contribution in [0.4, 0.5) is 4.79 Å². The number of methoxy groups -OCH3 is 1. The van der Waals surface area contributed by atoms with Crippen LogP contribution in [0.2, 0.25) is 0 Å². The molecule has 0 unspecified atom stereocenters. The van der Waals surface area contributed by atoms with Gasteiger partial charge in [-0.25, -0.2) is 4.79 Å². The number of benzene rings is 2. The lowest BCUT2D eigenvalue weighted by atomic mass is 10.1. The van der Waals surface area contributed by atoms with Crippen LogP contribution in [0.5, 0.6) is 5.75 Å². The molecule has 0 aliphatic rings. The van der Waals surface area contributed by atoms with Gasteiger partial charge < -0.3 is 20.1 Å². The Morgan fingerprint density at radius 2 is 1.63 bits per heavy atom. The van der Waals surface area contributed by atoms with Gasteiger partial charge in [0.15, 0.2) is 0 Å². The van der Waals surface area contributed by atoms with Crippen molar-refractivity contribution in [3.8, 4) is 5.75 Å². The summed E-state index contributed by atoms with van der Waals surface area (Å²) in [6.45, 7) is 5.67. The quantitative estimate of drug-likeness (QED) is 0.815. The van der Waals surface area contributed by atoms with Gasteiger partial charge in [0.2, 0.25) is 5.91 Å². The van der Waals surface area contributed by atoms with Crippen LogP contribution in [-0.4, -0.2) is 24.7 Å². The average Bonchev–Trinajstić information content (AvgIpc) is 2.64. The SMILES string of the molecule is COc1ccc([C@H](NC(=O)OC(C)(C)C)C(=O)NCc2ccccc2)cc1. The summed E-state index contributed by atoms with van der Waals surface area (Å²) < 4.78 is 10.4. The Morgan fingerprint density at radius 1 is 1.00 bits per heavy atom. The van der Waals surface area contributed by atoms with Gasteiger partial charge in [-0.05, 0) is 44.0 Å². The van der Waals surface area contributed by atoms with E-state index in [2.05, 4.69) is 10.6 Å². The third-order valence-corrected chi connectivity index (χ3v) is 3.68. The first-order chi connectivity index (χ1) is 12.8. The Balaban J connectivity index is 2.14. The zero-order valence-electron chi connectivity index (χ0n) is 16.1. The van der Waals surface area contributed by atoms with Gasteiger partial charge in [-0.3, -0.25) is 4.79 Å². The van der Waals surface area contributed by atoms with Gasteiger partial charge in [0.05, 0.1) is 7.11 Å². The van der Waals surface area contributed by atoms with Gasteiger partial charge in [0.25, 0.3) is 0 Å². The van der Waals surface area contributed by atoms with Gasteiger partial charge in [0.1, 0.15) is 17.4 Å². The topological polar surface area (TPSA) is 76.7 Å². The van der Waals surface area contributed by atoms with E-state index in [1.165, 1.54) is 0 Å². The van der Waals surface area contributed by atoms with E-state index in [0.717, 1.165) is 5.56 Å². The highest BCUT2D eigenvalue weighted by atomic mass is 16.6. The maximum absolute atomic E-state index is 12.8. The minimum Gasteiger partial charge on any atom is -0.497 e. The van der Waals surface area contributed by atoms with E-state index < -0.39 is 17.7 Å². The van der Waals surface area contributed by atoms with Crippen molar-refractivity contribution in [3.05, 3.63) is 65.7 Å². The summed E-state index contributed by atoms with van der Waals surface area (Å²) in [5.74, 6) is 0.342. The van der Waals surface area contributed by atoms with Crippen LogP contribution in [0.1, 0.15) is 37.9 Å². The van der Waals surface area contributed by atoms with Crippen molar-refractivity contribution in [1.29, 1.82) is 0 Å². The molecule has 0 bridgehead atoms. The third kappa shape index (κ3) is 6.66. The first-order valence-corrected chi connectivity index (χ1v) is 8.73. The molecule has 0 aliphatic heterocycles. The zero-order chi connectivity index (χ0) is 19.9. The molecule has 0 aliphatic carbocycles. The number of carbonyl (C=O) groups excluding carboxylic acids is 2. The molecule has 2 amide bonds. The summed E-state index contributed by atoms with van der Waals surface area (Å²) in [7, 11) is 1.57. The van der Waals surface area contributed by atoms with Crippen molar-refractivity contribution in [2.24, 2.45) is 0 Å². The third-order valence-electron chi connectivity index (χ3n) is 3.68. The van der Waals surface area contributed by atoms with Crippen molar-refractivity contribution in [1.82, 2.24) is 10.6 Å². The summed E-state index contributed by atoms with van der Waals surface area (Å²) in [5.41, 5.74) is 0.943. The fraction of sp³-hybridized carbons (Fsp3) is 0.333. The average molecular weight is 370 g/mol. The maximum Gasteiger partial charge on any atom is 0.408 e. The van der Waals surface area contributed by atoms with Crippen LogP contribution in [0, 0.1) is 0 Å². The molecule has 2 N–H and O–H groups in total. The number of rotatable bonds is 6. The Morgan fingerprint density at radius 3 is 2.19 bits per heavy atom. The van der Waals surface area contributed by atoms with E-state index in [-0.39, 0.29) is 5.91 Å². The van der Waals surface area contributed by atoms with Crippen molar-refractivity contribution in [2.45, 2.75) is 39.0 Å². The summed E-state index contributed by atoms with van der Waals surface area (Å²) in [6, 6.07) is 15.6. The molecule has 144 valence electrons. The normalized spacial score (nSPS) is 12.0. The first kappa shape index (κ1) is 20.3. The molecular formula is C21H26N2O4. The first-order valence-electron chi connectivity index (χ1n) is 8.73. The van der Waals surface area contributed by atoms with Crippen LogP contribution >= 0.6 is 0 Å². The molecule has 0 radical (unpaired) electrons. The fourth-order valence-electron chi connectivity index (χ4n) is 2.41. The van der Waals surface area contributed by atoms with Crippen molar-refractivity contribution < 1.29 is 19.1 Å². The summed E-state index contributed by atoms with van der Waals surface area (Å²) >= 11 is 0. The summed E-state index contributed by atoms with van der Waals surface area (Å²) in [5, 5.41) is 5.50. The van der Waals surface area contributed by atoms with Gasteiger partial charge in [0, 0.05) is 6.54 Å². The number of ether oxygens (including phenoxy) is 2. The molecule has 1 atom stereocenters. The summed E-state index contributed by atoms with van der Waals surface area (Å²) in [6.07, 6.45) is -0.654. The monoisotopic (exact) mass is 370 g/mol. The Kier molecular flexibility index (Phi) is 6.82. The van der Waals surface area contributed by atoms with Gasteiger partial charge >= 0.3 is 6.09 Å². The maximum atomic E-state index is 12.8. The van der Waals surface area contributed by atoms with E-state index in [1.807, 2.05) is 30.3 Å². The number of hydrogen-bond donors (Lipinski definition) is 2. The highest BCUT2D eigenvalue weighted by Gasteiger charge is 2.25. The molecule has 0 saturated carbocycles. The van der Waals surface area contributed by atoms with Crippen LogP contribution < -0.4 is 15.4 Å². The molecular weight excluding hydrogens is 344 g/mol. The van der Waals surface area contributed by atoms with E-state index in [0.29, 0.717) is 17.9 Å². The van der Waals surface area contributed by atoms with Crippen LogP contribution in [0.15, 0.2) is 54.6 Å². The number of hydrogen-bond acceptors (Lipinski definition) is 4. The molecule has 0 spiro atoms. The number of nitrogens with one attached hydrogen (secondary N) is 2. The number of carbonyl (C=O) groups is 2. The van der Waals surface area contributed by atoms with Crippen molar-refractivity contribution in [3.63, 3.8) is 0 Å². The predicted molar refractivity (Wildman–Crippen MR) is 103 cm³/mol. The Labute approximate surface area is 159 Å². The number of amides is 2. The molecule has 2 rings (SSSR count). The Hall–Kier alpha value is -3.02. The van der Waals surface area contributed by atoms with Crippen LogP contribution in [-0.2, 0) is 16.1 Å². The van der Waals surface area contributed by atoms with Crippen LogP contribution in [0.25, 0.3) is 0 Å². The standard InChI is InChI=1S/C21H26N2O4/c1-21(2,3)27-20(25)23-18(16-10-12-17(26-4)13-11-16)19(24)22-14-15-8-6-5-7-9-15/h5-13,18H,14H2,1-4H3,(H,22,24)(H,23,25)/t18-/m0/s1. The number of alkyl carbamates (subject to hydrolysis) is 1. The van der Waals surface area contributed by atoms with Gasteiger partial charge in [-0.1, -0.05) is 42.5 Å². The molecule has 6 heteroatoms. The lowest BCUT2D eigenvalue weighted by molar-refractivity contribution is -0.123. The highest BCUT2D eigenvalue weighted by Crippen LogP contribution is 2.19. The van der Waals surface area contributed by atoms with Gasteiger partial charge in [-0.2, -0.15) is 0 Å². The van der Waals surface area contributed by atoms with Crippen molar-refractivity contribution in [2.75, 3.05) is 7.11 Å². The minimum absolute atomic E-state index is 0.324. The van der Waals surface area contributed by atoms with Crippen LogP contribution in [0.3, 0.4) is 0 Å². The second kappa shape index (κ2) is 9.07. The fourth-order valence-corrected chi connectivity index (χ4v) is 2.41. The minimum atomic E-state index is -0.880. The molecule has 0 fully saturated rings. The predicted octanol–water partition coefficient (Wildman–Crippen LogP) is 3.58. The molecule has 2 aromatic rings. The molecule has 27 heavy (non-hydrogen) atoms. The van der Waals surface area contributed by atoms with Crippen molar-refractivity contribution >= 4 is 12.0 Å². The van der Waals surface area contributed by atoms with E-state index >= 15 is 0 Å². The van der Waals surface area contributed by atoms with Gasteiger partial charge in [-0.15, -0.1) is 0 Å². The molecule has 2 aromatic carbocycles. The molecule has 0 saturated heterocycles. The summed E-state index contributed by atoms with van der Waals surface area (Å²) in [4.78, 5) is 25.0. The lowest BCUT2D eigenvalue weighted by Gasteiger charge is -2.23. The van der Waals surface area contributed by atoms with E-state index in [1.54, 1.807) is 52.1 Å².